The molecule has 0 unspecified atom stereocenters. The first kappa shape index (κ1) is 11.9. The van der Waals surface area contributed by atoms with Gasteiger partial charge >= 0.3 is 0 Å². The second kappa shape index (κ2) is 5.25. The smallest absolute Gasteiger partial charge is 0.0781 e. The summed E-state index contributed by atoms with van der Waals surface area (Å²) in [7, 11) is 0. The van der Waals surface area contributed by atoms with Crippen LogP contribution < -0.4 is 0 Å². The van der Waals surface area contributed by atoms with Crippen LogP contribution in [-0.4, -0.2) is 4.98 Å². The van der Waals surface area contributed by atoms with Crippen LogP contribution in [0.25, 0.3) is 22.4 Å². The molecular formula is C17H12ClN. The van der Waals surface area contributed by atoms with E-state index in [4.69, 9.17) is 11.6 Å². The zero-order chi connectivity index (χ0) is 13.1. The molecule has 19 heavy (non-hydrogen) atoms. The highest BCUT2D eigenvalue weighted by atomic mass is 35.5. The maximum absolute atomic E-state index is 6.09. The third-order valence-corrected chi connectivity index (χ3v) is 3.19. The number of pyridine rings is 1. The molecule has 0 aliphatic carbocycles. The van der Waals surface area contributed by atoms with Crippen molar-refractivity contribution in [3.8, 4) is 22.4 Å². The van der Waals surface area contributed by atoms with Gasteiger partial charge in [-0.25, -0.2) is 0 Å². The quantitative estimate of drug-likeness (QED) is 0.630. The van der Waals surface area contributed by atoms with Crippen LogP contribution in [0.2, 0.25) is 5.02 Å². The molecule has 0 spiro atoms. The Balaban J connectivity index is 2.21. The zero-order valence-corrected chi connectivity index (χ0v) is 11.0. The largest absolute Gasteiger partial charge is 0.254 e. The van der Waals surface area contributed by atoms with E-state index in [1.807, 2.05) is 42.5 Å². The van der Waals surface area contributed by atoms with Crippen LogP contribution in [0.4, 0.5) is 0 Å². The molecule has 1 aromatic heterocycles. The lowest BCUT2D eigenvalue weighted by atomic mass is 9.99. The van der Waals surface area contributed by atoms with Gasteiger partial charge in [-0.1, -0.05) is 72.3 Å². The molecule has 0 radical (unpaired) electrons. The highest BCUT2D eigenvalue weighted by Gasteiger charge is 2.09. The molecule has 2 aromatic carbocycles. The van der Waals surface area contributed by atoms with Crippen LogP contribution in [0.1, 0.15) is 0 Å². The van der Waals surface area contributed by atoms with Gasteiger partial charge in [-0.2, -0.15) is 0 Å². The van der Waals surface area contributed by atoms with Crippen LogP contribution >= 0.6 is 11.6 Å². The minimum atomic E-state index is 0.651. The zero-order valence-electron chi connectivity index (χ0n) is 10.3. The molecule has 92 valence electrons. The SMILES string of the molecule is Clc1cnc(-c2ccccc2)c(-c2ccccc2)c1. The van der Waals surface area contributed by atoms with Crippen LogP contribution in [0.15, 0.2) is 72.9 Å². The Bertz CT molecular complexity index is 678. The predicted molar refractivity (Wildman–Crippen MR) is 80.1 cm³/mol. The minimum absolute atomic E-state index is 0.651. The van der Waals surface area contributed by atoms with Gasteiger partial charge in [0.25, 0.3) is 0 Å². The number of nitrogens with zero attached hydrogens (tertiary/aromatic N) is 1. The van der Waals surface area contributed by atoms with Crippen molar-refractivity contribution in [1.82, 2.24) is 4.98 Å². The summed E-state index contributed by atoms with van der Waals surface area (Å²) in [6.45, 7) is 0. The van der Waals surface area contributed by atoms with Gasteiger partial charge in [0.05, 0.1) is 10.7 Å². The number of halogens is 1. The summed E-state index contributed by atoms with van der Waals surface area (Å²) in [5, 5.41) is 0.651. The average molecular weight is 266 g/mol. The molecule has 0 aliphatic heterocycles. The average Bonchev–Trinajstić information content (AvgIpc) is 2.49. The normalized spacial score (nSPS) is 10.4. The molecule has 0 N–H and O–H groups in total. The Labute approximate surface area is 117 Å². The third kappa shape index (κ3) is 2.51. The van der Waals surface area contributed by atoms with Gasteiger partial charge in [0.15, 0.2) is 0 Å². The van der Waals surface area contributed by atoms with E-state index in [1.165, 1.54) is 0 Å². The molecule has 1 heterocycles. The Morgan fingerprint density at radius 3 is 1.95 bits per heavy atom. The van der Waals surface area contributed by atoms with Crippen LogP contribution in [-0.2, 0) is 0 Å². The summed E-state index contributed by atoms with van der Waals surface area (Å²) < 4.78 is 0. The fourth-order valence-corrected chi connectivity index (χ4v) is 2.26. The Morgan fingerprint density at radius 2 is 1.32 bits per heavy atom. The molecule has 3 aromatic rings. The summed E-state index contributed by atoms with van der Waals surface area (Å²) >= 11 is 6.09. The van der Waals surface area contributed by atoms with Crippen molar-refractivity contribution in [2.24, 2.45) is 0 Å². The van der Waals surface area contributed by atoms with Crippen LogP contribution in [0.3, 0.4) is 0 Å². The molecule has 0 aliphatic rings. The molecular weight excluding hydrogens is 254 g/mol. The molecule has 3 rings (SSSR count). The maximum Gasteiger partial charge on any atom is 0.0781 e. The van der Waals surface area contributed by atoms with Gasteiger partial charge in [0, 0.05) is 17.3 Å². The topological polar surface area (TPSA) is 12.9 Å². The van der Waals surface area contributed by atoms with Gasteiger partial charge in [0.2, 0.25) is 0 Å². The number of rotatable bonds is 2. The Morgan fingerprint density at radius 1 is 0.737 bits per heavy atom. The number of aromatic nitrogens is 1. The van der Waals surface area contributed by atoms with Crippen molar-refractivity contribution in [1.29, 1.82) is 0 Å². The van der Waals surface area contributed by atoms with Crippen molar-refractivity contribution >= 4 is 11.6 Å². The first-order valence-corrected chi connectivity index (χ1v) is 6.49. The molecule has 1 nitrogen and oxygen atoms in total. The fourth-order valence-electron chi connectivity index (χ4n) is 2.10. The van der Waals surface area contributed by atoms with Gasteiger partial charge in [-0.05, 0) is 11.6 Å². The van der Waals surface area contributed by atoms with Crippen molar-refractivity contribution < 1.29 is 0 Å². The molecule has 0 bridgehead atoms. The number of hydrogen-bond acceptors (Lipinski definition) is 1. The Hall–Kier alpha value is -2.12. The molecule has 0 saturated carbocycles. The third-order valence-electron chi connectivity index (χ3n) is 2.99. The summed E-state index contributed by atoms with van der Waals surface area (Å²) in [6, 6.07) is 22.3. The van der Waals surface area contributed by atoms with Gasteiger partial charge in [-0.15, -0.1) is 0 Å². The highest BCUT2D eigenvalue weighted by Crippen LogP contribution is 2.31. The summed E-state index contributed by atoms with van der Waals surface area (Å²) in [5.74, 6) is 0. The van der Waals surface area contributed by atoms with E-state index < -0.39 is 0 Å². The standard InChI is InChI=1S/C17H12ClN/c18-15-11-16(13-7-3-1-4-8-13)17(19-12-15)14-9-5-2-6-10-14/h1-12H. The van der Waals surface area contributed by atoms with E-state index in [2.05, 4.69) is 29.2 Å². The van der Waals surface area contributed by atoms with Gasteiger partial charge < -0.3 is 0 Å². The van der Waals surface area contributed by atoms with E-state index in [9.17, 15) is 0 Å². The maximum atomic E-state index is 6.09. The first-order chi connectivity index (χ1) is 9.34. The number of hydrogen-bond donors (Lipinski definition) is 0. The minimum Gasteiger partial charge on any atom is -0.254 e. The van der Waals surface area contributed by atoms with E-state index >= 15 is 0 Å². The van der Waals surface area contributed by atoms with Crippen LogP contribution in [0, 0.1) is 0 Å². The molecule has 0 saturated heterocycles. The van der Waals surface area contributed by atoms with Crippen molar-refractivity contribution in [2.45, 2.75) is 0 Å². The van der Waals surface area contributed by atoms with E-state index in [0.717, 1.165) is 22.4 Å². The highest BCUT2D eigenvalue weighted by molar-refractivity contribution is 6.30. The number of benzene rings is 2. The first-order valence-electron chi connectivity index (χ1n) is 6.11. The molecule has 2 heteroatoms. The summed E-state index contributed by atoms with van der Waals surface area (Å²) in [4.78, 5) is 4.49. The summed E-state index contributed by atoms with van der Waals surface area (Å²) in [6.07, 6.45) is 1.69. The predicted octanol–water partition coefficient (Wildman–Crippen LogP) is 5.07. The molecule has 0 fully saturated rings. The van der Waals surface area contributed by atoms with Crippen LogP contribution in [0.5, 0.6) is 0 Å². The lowest BCUT2D eigenvalue weighted by Crippen LogP contribution is -1.89. The van der Waals surface area contributed by atoms with E-state index in [0.29, 0.717) is 5.02 Å². The van der Waals surface area contributed by atoms with Crippen molar-refractivity contribution in [3.05, 3.63) is 77.9 Å². The lowest BCUT2D eigenvalue weighted by molar-refractivity contribution is 1.32. The van der Waals surface area contributed by atoms with Crippen molar-refractivity contribution in [2.75, 3.05) is 0 Å². The molecule has 0 amide bonds. The second-order valence-corrected chi connectivity index (χ2v) is 4.72. The van der Waals surface area contributed by atoms with E-state index in [-0.39, 0.29) is 0 Å². The van der Waals surface area contributed by atoms with Gasteiger partial charge in [0.1, 0.15) is 0 Å². The monoisotopic (exact) mass is 265 g/mol. The lowest BCUT2D eigenvalue weighted by Gasteiger charge is -2.09. The second-order valence-electron chi connectivity index (χ2n) is 4.28. The Kier molecular flexibility index (Phi) is 3.30. The summed E-state index contributed by atoms with van der Waals surface area (Å²) in [5.41, 5.74) is 4.23. The fraction of sp³-hybridized carbons (Fsp3) is 0. The van der Waals surface area contributed by atoms with E-state index in [1.54, 1.807) is 6.20 Å². The van der Waals surface area contributed by atoms with Crippen molar-refractivity contribution in [3.63, 3.8) is 0 Å². The van der Waals surface area contributed by atoms with Gasteiger partial charge in [-0.3, -0.25) is 4.98 Å². The molecule has 0 atom stereocenters.